The predicted octanol–water partition coefficient (Wildman–Crippen LogP) is 3.48. The molecule has 8 nitrogen and oxygen atoms in total. The van der Waals surface area contributed by atoms with Crippen molar-refractivity contribution in [1.82, 2.24) is 4.31 Å². The summed E-state index contributed by atoms with van der Waals surface area (Å²) >= 11 is 0. The molecule has 1 amide bonds. The number of sulfonamides is 1. The number of carbonyl (C=O) groups is 1. The molecule has 2 unspecified atom stereocenters. The lowest BCUT2D eigenvalue weighted by atomic mass is 10.1. The van der Waals surface area contributed by atoms with E-state index in [1.54, 1.807) is 37.3 Å². The molecule has 0 saturated carbocycles. The Morgan fingerprint density at radius 3 is 2.33 bits per heavy atom. The summed E-state index contributed by atoms with van der Waals surface area (Å²) in [6.07, 6.45) is 0.743. The number of anilines is 2. The van der Waals surface area contributed by atoms with Crippen LogP contribution in [-0.2, 0) is 14.8 Å². The van der Waals surface area contributed by atoms with E-state index in [0.29, 0.717) is 30.3 Å². The number of ether oxygens (including phenoxy) is 2. The van der Waals surface area contributed by atoms with Crippen LogP contribution in [0, 0.1) is 0 Å². The number of nitrogens with zero attached hydrogens (tertiary/aromatic N) is 2. The Morgan fingerprint density at radius 1 is 1.06 bits per heavy atom. The van der Waals surface area contributed by atoms with Gasteiger partial charge in [-0.2, -0.15) is 4.31 Å². The van der Waals surface area contributed by atoms with Crippen molar-refractivity contribution < 1.29 is 22.7 Å². The van der Waals surface area contributed by atoms with Crippen LogP contribution in [0.25, 0.3) is 0 Å². The van der Waals surface area contributed by atoms with Gasteiger partial charge in [-0.25, -0.2) is 8.42 Å². The Bertz CT molecular complexity index is 1110. The molecule has 33 heavy (non-hydrogen) atoms. The minimum Gasteiger partial charge on any atom is -0.482 e. The maximum atomic E-state index is 13.3. The summed E-state index contributed by atoms with van der Waals surface area (Å²) in [6, 6.07) is 12.2. The first-order valence-electron chi connectivity index (χ1n) is 11.5. The van der Waals surface area contributed by atoms with Crippen LogP contribution in [0.15, 0.2) is 47.4 Å². The predicted molar refractivity (Wildman–Crippen MR) is 128 cm³/mol. The molecule has 2 heterocycles. The van der Waals surface area contributed by atoms with Gasteiger partial charge in [-0.1, -0.05) is 26.0 Å². The molecule has 1 saturated heterocycles. The number of carbonyl (C=O) groups excluding carboxylic acids is 1. The average Bonchev–Trinajstić information content (AvgIpc) is 3.34. The van der Waals surface area contributed by atoms with Gasteiger partial charge in [0, 0.05) is 26.2 Å². The third-order valence-corrected chi connectivity index (χ3v) is 8.16. The second-order valence-electron chi connectivity index (χ2n) is 8.26. The summed E-state index contributed by atoms with van der Waals surface area (Å²) in [7, 11) is -3.67. The van der Waals surface area contributed by atoms with Crippen molar-refractivity contribution >= 4 is 27.3 Å². The van der Waals surface area contributed by atoms with Gasteiger partial charge in [0.2, 0.25) is 16.1 Å². The molecule has 2 aromatic rings. The van der Waals surface area contributed by atoms with Crippen LogP contribution in [0.2, 0.25) is 0 Å². The van der Waals surface area contributed by atoms with Crippen LogP contribution < -0.4 is 19.7 Å². The molecule has 2 aliphatic heterocycles. The molecule has 1 N–H and O–H groups in total. The first-order chi connectivity index (χ1) is 15.8. The lowest BCUT2D eigenvalue weighted by Crippen LogP contribution is -2.46. The number of para-hydroxylation sites is 2. The zero-order chi connectivity index (χ0) is 23.6. The molecule has 0 aromatic heterocycles. The summed E-state index contributed by atoms with van der Waals surface area (Å²) in [5, 5.41) is 2.94. The zero-order valence-corrected chi connectivity index (χ0v) is 20.1. The maximum Gasteiger partial charge on any atom is 0.269 e. The van der Waals surface area contributed by atoms with Crippen molar-refractivity contribution in [3.8, 4) is 11.5 Å². The second-order valence-corrected chi connectivity index (χ2v) is 10.2. The van der Waals surface area contributed by atoms with Crippen molar-refractivity contribution in [2.45, 2.75) is 50.7 Å². The summed E-state index contributed by atoms with van der Waals surface area (Å²) in [5.41, 5.74) is 1.27. The highest BCUT2D eigenvalue weighted by Gasteiger charge is 2.35. The summed E-state index contributed by atoms with van der Waals surface area (Å²) in [5.74, 6) is 0.724. The van der Waals surface area contributed by atoms with Gasteiger partial charge >= 0.3 is 0 Å². The largest absolute Gasteiger partial charge is 0.482 e. The van der Waals surface area contributed by atoms with Gasteiger partial charge in [0.05, 0.1) is 16.3 Å². The SMILES string of the molecule is CCN(CC)S(=O)(=O)c1ccc(N2CCCC2)c(NC(=O)C2Oc3ccccc3OC2C)c1. The van der Waals surface area contributed by atoms with Crippen molar-refractivity contribution in [3.05, 3.63) is 42.5 Å². The molecule has 0 spiro atoms. The van der Waals surface area contributed by atoms with Gasteiger partial charge in [-0.05, 0) is 50.1 Å². The van der Waals surface area contributed by atoms with E-state index in [2.05, 4.69) is 10.2 Å². The Morgan fingerprint density at radius 2 is 1.70 bits per heavy atom. The van der Waals surface area contributed by atoms with Crippen LogP contribution in [0.4, 0.5) is 11.4 Å². The van der Waals surface area contributed by atoms with Crippen molar-refractivity contribution in [2.24, 2.45) is 0 Å². The highest BCUT2D eigenvalue weighted by atomic mass is 32.2. The molecule has 0 bridgehead atoms. The molecular formula is C24H31N3O5S. The minimum absolute atomic E-state index is 0.156. The van der Waals surface area contributed by atoms with E-state index in [1.807, 2.05) is 26.0 Å². The van der Waals surface area contributed by atoms with E-state index < -0.39 is 22.2 Å². The summed E-state index contributed by atoms with van der Waals surface area (Å²) in [6.45, 7) is 7.86. The average molecular weight is 474 g/mol. The fraction of sp³-hybridized carbons (Fsp3) is 0.458. The zero-order valence-electron chi connectivity index (χ0n) is 19.3. The van der Waals surface area contributed by atoms with Gasteiger partial charge in [0.1, 0.15) is 6.10 Å². The topological polar surface area (TPSA) is 88.2 Å². The second kappa shape index (κ2) is 9.61. The molecule has 4 rings (SSSR count). The molecule has 2 aliphatic rings. The van der Waals surface area contributed by atoms with Gasteiger partial charge in [0.15, 0.2) is 11.5 Å². The molecule has 2 atom stereocenters. The van der Waals surface area contributed by atoms with E-state index in [0.717, 1.165) is 31.6 Å². The van der Waals surface area contributed by atoms with Crippen LogP contribution in [-0.4, -0.2) is 57.0 Å². The van der Waals surface area contributed by atoms with Crippen LogP contribution in [0.3, 0.4) is 0 Å². The van der Waals surface area contributed by atoms with Gasteiger partial charge in [0.25, 0.3) is 5.91 Å². The number of rotatable bonds is 7. The smallest absolute Gasteiger partial charge is 0.269 e. The van der Waals surface area contributed by atoms with E-state index in [1.165, 1.54) is 4.31 Å². The third-order valence-electron chi connectivity index (χ3n) is 6.12. The first-order valence-corrected chi connectivity index (χ1v) is 12.9. The number of hydrogen-bond donors (Lipinski definition) is 1. The van der Waals surface area contributed by atoms with Crippen LogP contribution >= 0.6 is 0 Å². The quantitative estimate of drug-likeness (QED) is 0.662. The number of nitrogens with one attached hydrogen (secondary N) is 1. The normalized spacial score (nSPS) is 20.2. The Hall–Kier alpha value is -2.78. The monoisotopic (exact) mass is 473 g/mol. The molecular weight excluding hydrogens is 442 g/mol. The lowest BCUT2D eigenvalue weighted by molar-refractivity contribution is -0.128. The van der Waals surface area contributed by atoms with E-state index in [9.17, 15) is 13.2 Å². The Kier molecular flexibility index (Phi) is 6.81. The van der Waals surface area contributed by atoms with E-state index in [-0.39, 0.29) is 10.8 Å². The number of fused-ring (bicyclic) bond motifs is 1. The molecule has 0 aliphatic carbocycles. The van der Waals surface area contributed by atoms with Gasteiger partial charge in [-0.15, -0.1) is 0 Å². The fourth-order valence-corrected chi connectivity index (χ4v) is 5.82. The Labute approximate surface area is 195 Å². The van der Waals surface area contributed by atoms with Crippen molar-refractivity contribution in [3.63, 3.8) is 0 Å². The molecule has 1 fully saturated rings. The molecule has 178 valence electrons. The van der Waals surface area contributed by atoms with Gasteiger partial charge in [-0.3, -0.25) is 4.79 Å². The highest BCUT2D eigenvalue weighted by Crippen LogP contribution is 2.35. The van der Waals surface area contributed by atoms with Crippen molar-refractivity contribution in [1.29, 1.82) is 0 Å². The van der Waals surface area contributed by atoms with Gasteiger partial charge < -0.3 is 19.7 Å². The lowest BCUT2D eigenvalue weighted by Gasteiger charge is -2.31. The third kappa shape index (κ3) is 4.65. The van der Waals surface area contributed by atoms with Crippen LogP contribution in [0.5, 0.6) is 11.5 Å². The number of benzene rings is 2. The summed E-state index contributed by atoms with van der Waals surface area (Å²) in [4.78, 5) is 15.6. The maximum absolute atomic E-state index is 13.3. The molecule has 9 heteroatoms. The minimum atomic E-state index is -3.67. The highest BCUT2D eigenvalue weighted by molar-refractivity contribution is 7.89. The van der Waals surface area contributed by atoms with Crippen LogP contribution in [0.1, 0.15) is 33.6 Å². The fourth-order valence-electron chi connectivity index (χ4n) is 4.33. The van der Waals surface area contributed by atoms with Crippen molar-refractivity contribution in [2.75, 3.05) is 36.4 Å². The number of hydrogen-bond acceptors (Lipinski definition) is 6. The molecule has 0 radical (unpaired) electrons. The standard InChI is InChI=1S/C24H31N3O5S/c1-4-27(5-2)33(29,30)18-12-13-20(26-14-8-9-15-26)19(16-18)25-24(28)23-17(3)31-21-10-6-7-11-22(21)32-23/h6-7,10-13,16-17,23H,4-5,8-9,14-15H2,1-3H3,(H,25,28). The number of amides is 1. The molecule has 2 aromatic carbocycles. The van der Waals surface area contributed by atoms with E-state index in [4.69, 9.17) is 9.47 Å². The summed E-state index contributed by atoms with van der Waals surface area (Å²) < 4.78 is 39.4. The first kappa shape index (κ1) is 23.4. The Balaban J connectivity index is 1.65. The van der Waals surface area contributed by atoms with E-state index >= 15 is 0 Å².